The summed E-state index contributed by atoms with van der Waals surface area (Å²) in [5.74, 6) is -0.875. The molecule has 0 saturated heterocycles. The summed E-state index contributed by atoms with van der Waals surface area (Å²) in [7, 11) is 0. The number of halogens is 2. The van der Waals surface area contributed by atoms with Crippen molar-refractivity contribution >= 4 is 51.2 Å². The van der Waals surface area contributed by atoms with Crippen molar-refractivity contribution in [2.24, 2.45) is 0 Å². The van der Waals surface area contributed by atoms with E-state index in [0.29, 0.717) is 5.56 Å². The molecule has 2 aromatic rings. The van der Waals surface area contributed by atoms with Crippen molar-refractivity contribution in [3.63, 3.8) is 0 Å². The average Bonchev–Trinajstić information content (AvgIpc) is 2.74. The van der Waals surface area contributed by atoms with E-state index in [0.717, 1.165) is 22.7 Å². The van der Waals surface area contributed by atoms with Gasteiger partial charge in [0.25, 0.3) is 0 Å². The highest BCUT2D eigenvalue weighted by molar-refractivity contribution is 6.62. The Morgan fingerprint density at radius 2 is 1.80 bits per heavy atom. The van der Waals surface area contributed by atoms with Crippen molar-refractivity contribution < 1.29 is 9.59 Å². The molecule has 0 aliphatic heterocycles. The summed E-state index contributed by atoms with van der Waals surface area (Å²) in [6.07, 6.45) is 1.06. The van der Waals surface area contributed by atoms with Gasteiger partial charge in [-0.15, -0.1) is 0 Å². The van der Waals surface area contributed by atoms with E-state index in [2.05, 4.69) is 4.98 Å². The second-order valence-corrected chi connectivity index (χ2v) is 5.33. The van der Waals surface area contributed by atoms with Crippen LogP contribution in [0, 0.1) is 6.92 Å². The lowest BCUT2D eigenvalue weighted by atomic mass is 9.93. The zero-order valence-corrected chi connectivity index (χ0v) is 12.0. The van der Waals surface area contributed by atoms with Crippen LogP contribution < -0.4 is 0 Å². The molecule has 100 valence electrons. The number of fused-ring (bicyclic) bond motifs is 1. The molecule has 0 unspecified atom stereocenters. The first-order valence-electron chi connectivity index (χ1n) is 5.94. The lowest BCUT2D eigenvalue weighted by Gasteiger charge is -2.13. The summed E-state index contributed by atoms with van der Waals surface area (Å²) in [5.41, 5.74) is 2.45. The summed E-state index contributed by atoms with van der Waals surface area (Å²) >= 11 is 11.9. The van der Waals surface area contributed by atoms with E-state index in [1.54, 1.807) is 0 Å². The van der Waals surface area contributed by atoms with E-state index >= 15 is 0 Å². The summed E-state index contributed by atoms with van der Waals surface area (Å²) in [6, 6.07) is 7.51. The smallest absolute Gasteiger partial charge is 0.206 e. The molecule has 1 aliphatic carbocycles. The van der Waals surface area contributed by atoms with Crippen LogP contribution in [-0.2, 0) is 9.59 Å². The fraction of sp³-hybridized carbons (Fsp3) is 0.0667. The number of allylic oxidation sites excluding steroid dienone is 4. The van der Waals surface area contributed by atoms with Crippen LogP contribution in [-0.4, -0.2) is 16.6 Å². The Morgan fingerprint density at radius 1 is 1.10 bits per heavy atom. The monoisotopic (exact) mass is 305 g/mol. The molecule has 0 amide bonds. The second-order valence-electron chi connectivity index (χ2n) is 4.55. The number of aryl methyl sites for hydroxylation is 1. The van der Waals surface area contributed by atoms with Gasteiger partial charge >= 0.3 is 0 Å². The highest BCUT2D eigenvalue weighted by Crippen LogP contribution is 2.37. The van der Waals surface area contributed by atoms with Crippen molar-refractivity contribution in [3.05, 3.63) is 51.7 Å². The van der Waals surface area contributed by atoms with Crippen molar-refractivity contribution in [2.45, 2.75) is 6.92 Å². The lowest BCUT2D eigenvalue weighted by molar-refractivity contribution is -0.113. The molecular weight excluding hydrogens is 297 g/mol. The third-order valence-electron chi connectivity index (χ3n) is 3.28. The first kappa shape index (κ1) is 13.2. The molecule has 20 heavy (non-hydrogen) atoms. The first-order valence-corrected chi connectivity index (χ1v) is 6.70. The molecule has 0 saturated carbocycles. The van der Waals surface area contributed by atoms with Gasteiger partial charge in [0.05, 0.1) is 15.6 Å². The number of ketones is 2. The number of hydrogen-bond donors (Lipinski definition) is 1. The molecule has 5 heteroatoms. The van der Waals surface area contributed by atoms with E-state index in [9.17, 15) is 9.59 Å². The Bertz CT molecular complexity index is 828. The molecule has 0 fully saturated rings. The second kappa shape index (κ2) is 4.62. The molecule has 0 bridgehead atoms. The SMILES string of the molecule is Cc1[nH]c2ccccc2c1C1=C(Cl)C(=O)C=C(Cl)C1=O. The number of benzene rings is 1. The van der Waals surface area contributed by atoms with Crippen LogP contribution in [0.2, 0.25) is 0 Å². The fourth-order valence-corrected chi connectivity index (χ4v) is 2.84. The van der Waals surface area contributed by atoms with Crippen molar-refractivity contribution in [2.75, 3.05) is 0 Å². The van der Waals surface area contributed by atoms with Crippen LogP contribution in [0.3, 0.4) is 0 Å². The number of aromatic nitrogens is 1. The molecule has 0 atom stereocenters. The Balaban J connectivity index is 2.35. The highest BCUT2D eigenvalue weighted by atomic mass is 35.5. The maximum Gasteiger partial charge on any atom is 0.206 e. The minimum Gasteiger partial charge on any atom is -0.358 e. The zero-order chi connectivity index (χ0) is 14.4. The van der Waals surface area contributed by atoms with Gasteiger partial charge in [0, 0.05) is 28.2 Å². The number of H-pyrrole nitrogens is 1. The Morgan fingerprint density at radius 3 is 2.55 bits per heavy atom. The fourth-order valence-electron chi connectivity index (χ4n) is 2.41. The summed E-state index contributed by atoms with van der Waals surface area (Å²) in [6.45, 7) is 1.83. The molecule has 0 radical (unpaired) electrons. The number of Topliss-reactive ketones (excluding diaryl/α,β-unsaturated/α-hetero) is 1. The number of aromatic amines is 1. The predicted octanol–water partition coefficient (Wildman–Crippen LogP) is 3.70. The summed E-state index contributed by atoms with van der Waals surface area (Å²) in [4.78, 5) is 27.2. The quantitative estimate of drug-likeness (QED) is 0.817. The van der Waals surface area contributed by atoms with Gasteiger partial charge in [-0.25, -0.2) is 0 Å². The highest BCUT2D eigenvalue weighted by Gasteiger charge is 2.30. The minimum atomic E-state index is -0.448. The van der Waals surface area contributed by atoms with E-state index in [4.69, 9.17) is 23.2 Å². The van der Waals surface area contributed by atoms with Gasteiger partial charge in [0.2, 0.25) is 5.78 Å². The van der Waals surface area contributed by atoms with Crippen molar-refractivity contribution in [3.8, 4) is 0 Å². The van der Waals surface area contributed by atoms with Gasteiger partial charge in [0.1, 0.15) is 0 Å². The average molecular weight is 306 g/mol. The Labute approximate surface area is 124 Å². The van der Waals surface area contributed by atoms with E-state index in [1.807, 2.05) is 31.2 Å². The third kappa shape index (κ3) is 1.82. The van der Waals surface area contributed by atoms with Crippen LogP contribution in [0.5, 0.6) is 0 Å². The van der Waals surface area contributed by atoms with Gasteiger partial charge in [-0.1, -0.05) is 41.4 Å². The zero-order valence-electron chi connectivity index (χ0n) is 10.5. The Hall–Kier alpha value is -1.84. The molecule has 1 N–H and O–H groups in total. The normalized spacial score (nSPS) is 16.1. The van der Waals surface area contributed by atoms with Crippen LogP contribution >= 0.6 is 23.2 Å². The van der Waals surface area contributed by atoms with E-state index in [-0.39, 0.29) is 15.6 Å². The third-order valence-corrected chi connectivity index (χ3v) is 3.94. The van der Waals surface area contributed by atoms with Gasteiger partial charge in [-0.05, 0) is 13.0 Å². The molecule has 1 aromatic carbocycles. The number of para-hydroxylation sites is 1. The van der Waals surface area contributed by atoms with Gasteiger partial charge in [-0.2, -0.15) is 0 Å². The number of rotatable bonds is 1. The number of nitrogens with one attached hydrogen (secondary N) is 1. The topological polar surface area (TPSA) is 49.9 Å². The molecule has 3 rings (SSSR count). The van der Waals surface area contributed by atoms with Crippen molar-refractivity contribution in [1.82, 2.24) is 4.98 Å². The van der Waals surface area contributed by atoms with Crippen LogP contribution in [0.25, 0.3) is 16.5 Å². The van der Waals surface area contributed by atoms with Gasteiger partial charge in [-0.3, -0.25) is 9.59 Å². The molecular formula is C15H9Cl2NO2. The van der Waals surface area contributed by atoms with E-state index < -0.39 is 11.6 Å². The number of carbonyl (C=O) groups excluding carboxylic acids is 2. The molecule has 0 spiro atoms. The Kier molecular flexibility index (Phi) is 3.04. The van der Waals surface area contributed by atoms with Crippen molar-refractivity contribution in [1.29, 1.82) is 0 Å². The standard InChI is InChI=1S/C15H9Cl2NO2/c1-7-12(8-4-2-3-5-10(8)18-7)13-14(17)11(19)6-9(16)15(13)20/h2-6,18H,1H3. The molecule has 3 nitrogen and oxygen atoms in total. The maximum atomic E-state index is 12.3. The van der Waals surface area contributed by atoms with Crippen LogP contribution in [0.4, 0.5) is 0 Å². The summed E-state index contributed by atoms with van der Waals surface area (Å²) in [5, 5.41) is 0.636. The number of carbonyl (C=O) groups is 2. The van der Waals surface area contributed by atoms with Crippen LogP contribution in [0.1, 0.15) is 11.3 Å². The molecule has 1 heterocycles. The minimum absolute atomic E-state index is 0.0905. The largest absolute Gasteiger partial charge is 0.358 e. The lowest BCUT2D eigenvalue weighted by Crippen LogP contribution is -2.14. The number of hydrogen-bond acceptors (Lipinski definition) is 2. The van der Waals surface area contributed by atoms with Gasteiger partial charge < -0.3 is 4.98 Å². The maximum absolute atomic E-state index is 12.3. The summed E-state index contributed by atoms with van der Waals surface area (Å²) < 4.78 is 0. The van der Waals surface area contributed by atoms with Crippen LogP contribution in [0.15, 0.2) is 40.4 Å². The van der Waals surface area contributed by atoms with Gasteiger partial charge in [0.15, 0.2) is 5.78 Å². The first-order chi connectivity index (χ1) is 9.50. The molecule has 1 aliphatic rings. The predicted molar refractivity (Wildman–Crippen MR) is 79.8 cm³/mol. The van der Waals surface area contributed by atoms with E-state index in [1.165, 1.54) is 0 Å². The molecule has 1 aromatic heterocycles.